The van der Waals surface area contributed by atoms with E-state index in [-0.39, 0.29) is 5.91 Å². The molecule has 0 bridgehead atoms. The Bertz CT molecular complexity index is 589. The number of hydrogen-bond acceptors (Lipinski definition) is 2. The molecule has 0 atom stereocenters. The Morgan fingerprint density at radius 2 is 1.55 bits per heavy atom. The number of carbonyl (C=O) groups is 1. The Morgan fingerprint density at radius 1 is 0.955 bits per heavy atom. The zero-order valence-electron chi connectivity index (χ0n) is 12.7. The highest BCUT2D eigenvalue weighted by atomic mass is 16.2. The number of amides is 1. The van der Waals surface area contributed by atoms with Crippen molar-refractivity contribution in [3.8, 4) is 0 Å². The summed E-state index contributed by atoms with van der Waals surface area (Å²) in [6.07, 6.45) is 2.11. The number of carbonyl (C=O) groups excluding carboxylic acids is 1. The Kier molecular flexibility index (Phi) is 4.74. The number of anilines is 1. The van der Waals surface area contributed by atoms with Gasteiger partial charge in [0.1, 0.15) is 0 Å². The van der Waals surface area contributed by atoms with E-state index in [0.717, 1.165) is 31.6 Å². The first-order valence-corrected chi connectivity index (χ1v) is 7.94. The molecule has 1 aliphatic rings. The van der Waals surface area contributed by atoms with Crippen LogP contribution in [0.1, 0.15) is 24.3 Å². The van der Waals surface area contributed by atoms with Gasteiger partial charge in [0, 0.05) is 18.8 Å². The molecule has 0 spiro atoms. The zero-order chi connectivity index (χ0) is 15.2. The molecular weight excluding hydrogens is 272 g/mol. The van der Waals surface area contributed by atoms with Crippen molar-refractivity contribution in [3.63, 3.8) is 0 Å². The second kappa shape index (κ2) is 7.12. The van der Waals surface area contributed by atoms with E-state index in [1.165, 1.54) is 5.56 Å². The van der Waals surface area contributed by atoms with Crippen LogP contribution in [0.15, 0.2) is 60.7 Å². The van der Waals surface area contributed by atoms with Crippen molar-refractivity contribution >= 4 is 11.6 Å². The van der Waals surface area contributed by atoms with Crippen LogP contribution in [0.25, 0.3) is 0 Å². The summed E-state index contributed by atoms with van der Waals surface area (Å²) in [7, 11) is 0. The number of piperidine rings is 1. The average molecular weight is 294 g/mol. The third-order valence-corrected chi connectivity index (χ3v) is 4.34. The number of benzene rings is 2. The first kappa shape index (κ1) is 14.6. The van der Waals surface area contributed by atoms with E-state index in [1.807, 2.05) is 35.2 Å². The molecule has 3 heteroatoms. The number of para-hydroxylation sites is 1. The molecule has 1 heterocycles. The van der Waals surface area contributed by atoms with Crippen LogP contribution in [0.2, 0.25) is 0 Å². The Labute approximate surface area is 132 Å². The van der Waals surface area contributed by atoms with Gasteiger partial charge in [-0.2, -0.15) is 0 Å². The van der Waals surface area contributed by atoms with Gasteiger partial charge in [-0.25, -0.2) is 0 Å². The molecule has 1 amide bonds. The summed E-state index contributed by atoms with van der Waals surface area (Å²) in [6, 6.07) is 20.5. The summed E-state index contributed by atoms with van der Waals surface area (Å²) in [5, 5.41) is 3.19. The number of likely N-dealkylation sites (tertiary alicyclic amines) is 1. The van der Waals surface area contributed by atoms with Gasteiger partial charge in [0.05, 0.1) is 6.54 Å². The van der Waals surface area contributed by atoms with Gasteiger partial charge >= 0.3 is 0 Å². The van der Waals surface area contributed by atoms with Gasteiger partial charge in [-0.05, 0) is 36.5 Å². The maximum Gasteiger partial charge on any atom is 0.241 e. The predicted octanol–water partition coefficient (Wildman–Crippen LogP) is 3.50. The molecule has 0 unspecified atom stereocenters. The third kappa shape index (κ3) is 3.67. The van der Waals surface area contributed by atoms with Gasteiger partial charge in [0.15, 0.2) is 0 Å². The molecule has 1 fully saturated rings. The monoisotopic (exact) mass is 294 g/mol. The number of hydrogen-bond donors (Lipinski definition) is 1. The first-order chi connectivity index (χ1) is 10.8. The van der Waals surface area contributed by atoms with Gasteiger partial charge in [-0.1, -0.05) is 48.5 Å². The molecule has 3 nitrogen and oxygen atoms in total. The summed E-state index contributed by atoms with van der Waals surface area (Å²) in [5.74, 6) is 0.780. The number of nitrogens with zero attached hydrogens (tertiary/aromatic N) is 1. The van der Waals surface area contributed by atoms with E-state index in [9.17, 15) is 4.79 Å². The maximum absolute atomic E-state index is 12.3. The normalized spacial score (nSPS) is 15.5. The van der Waals surface area contributed by atoms with Crippen molar-refractivity contribution < 1.29 is 4.79 Å². The molecule has 1 saturated heterocycles. The van der Waals surface area contributed by atoms with E-state index in [2.05, 4.69) is 35.6 Å². The second-order valence-corrected chi connectivity index (χ2v) is 5.79. The lowest BCUT2D eigenvalue weighted by Crippen LogP contribution is -2.40. The zero-order valence-corrected chi connectivity index (χ0v) is 12.7. The number of nitrogens with one attached hydrogen (secondary N) is 1. The highest BCUT2D eigenvalue weighted by molar-refractivity contribution is 5.81. The SMILES string of the molecule is O=C(CNc1ccccc1)N1CCC(c2ccccc2)CC1. The van der Waals surface area contributed by atoms with Gasteiger partial charge in [0.2, 0.25) is 5.91 Å². The van der Waals surface area contributed by atoms with Crippen molar-refractivity contribution in [1.29, 1.82) is 0 Å². The van der Waals surface area contributed by atoms with Crippen LogP contribution in [0, 0.1) is 0 Å². The molecule has 2 aromatic carbocycles. The Balaban J connectivity index is 1.48. The maximum atomic E-state index is 12.3. The van der Waals surface area contributed by atoms with Crippen molar-refractivity contribution in [3.05, 3.63) is 66.2 Å². The molecule has 114 valence electrons. The molecule has 2 aromatic rings. The highest BCUT2D eigenvalue weighted by Gasteiger charge is 2.23. The highest BCUT2D eigenvalue weighted by Crippen LogP contribution is 2.27. The van der Waals surface area contributed by atoms with Crippen molar-refractivity contribution in [1.82, 2.24) is 4.90 Å². The van der Waals surface area contributed by atoms with Crippen molar-refractivity contribution in [2.45, 2.75) is 18.8 Å². The fraction of sp³-hybridized carbons (Fsp3) is 0.316. The second-order valence-electron chi connectivity index (χ2n) is 5.79. The lowest BCUT2D eigenvalue weighted by molar-refractivity contribution is -0.130. The molecule has 0 saturated carbocycles. The smallest absolute Gasteiger partial charge is 0.241 e. The quantitative estimate of drug-likeness (QED) is 0.936. The van der Waals surface area contributed by atoms with Crippen molar-refractivity contribution in [2.24, 2.45) is 0 Å². The fourth-order valence-electron chi connectivity index (χ4n) is 3.03. The largest absolute Gasteiger partial charge is 0.376 e. The van der Waals surface area contributed by atoms with E-state index in [1.54, 1.807) is 0 Å². The van der Waals surface area contributed by atoms with E-state index in [4.69, 9.17) is 0 Å². The third-order valence-electron chi connectivity index (χ3n) is 4.34. The van der Waals surface area contributed by atoms with E-state index < -0.39 is 0 Å². The van der Waals surface area contributed by atoms with Crippen LogP contribution in [-0.2, 0) is 4.79 Å². The van der Waals surface area contributed by atoms with Crippen LogP contribution in [0.5, 0.6) is 0 Å². The minimum atomic E-state index is 0.190. The van der Waals surface area contributed by atoms with Crippen LogP contribution in [0.3, 0.4) is 0 Å². The summed E-state index contributed by atoms with van der Waals surface area (Å²) in [5.41, 5.74) is 2.40. The molecule has 22 heavy (non-hydrogen) atoms. The minimum Gasteiger partial charge on any atom is -0.376 e. The molecule has 0 radical (unpaired) electrons. The number of rotatable bonds is 4. The lowest BCUT2D eigenvalue weighted by atomic mass is 9.89. The molecule has 1 aliphatic heterocycles. The minimum absolute atomic E-state index is 0.190. The van der Waals surface area contributed by atoms with E-state index >= 15 is 0 Å². The van der Waals surface area contributed by atoms with Gasteiger partial charge in [-0.15, -0.1) is 0 Å². The van der Waals surface area contributed by atoms with Crippen LogP contribution >= 0.6 is 0 Å². The summed E-state index contributed by atoms with van der Waals surface area (Å²) < 4.78 is 0. The topological polar surface area (TPSA) is 32.3 Å². The first-order valence-electron chi connectivity index (χ1n) is 7.94. The van der Waals surface area contributed by atoms with Crippen LogP contribution in [-0.4, -0.2) is 30.4 Å². The predicted molar refractivity (Wildman–Crippen MR) is 89.9 cm³/mol. The summed E-state index contributed by atoms with van der Waals surface area (Å²) in [4.78, 5) is 14.3. The molecular formula is C19H22N2O. The van der Waals surface area contributed by atoms with Crippen LogP contribution < -0.4 is 5.32 Å². The molecule has 0 aliphatic carbocycles. The fourth-order valence-corrected chi connectivity index (χ4v) is 3.03. The van der Waals surface area contributed by atoms with E-state index in [0.29, 0.717) is 12.5 Å². The summed E-state index contributed by atoms with van der Waals surface area (Å²) >= 11 is 0. The lowest BCUT2D eigenvalue weighted by Gasteiger charge is -2.32. The molecule has 1 N–H and O–H groups in total. The standard InChI is InChI=1S/C19H22N2O/c22-19(15-20-18-9-5-2-6-10-18)21-13-11-17(12-14-21)16-7-3-1-4-8-16/h1-10,17,20H,11-15H2. The molecule has 0 aromatic heterocycles. The molecule has 3 rings (SSSR count). The van der Waals surface area contributed by atoms with Gasteiger partial charge < -0.3 is 10.2 Å². The summed E-state index contributed by atoms with van der Waals surface area (Å²) in [6.45, 7) is 2.09. The van der Waals surface area contributed by atoms with Crippen LogP contribution in [0.4, 0.5) is 5.69 Å². The average Bonchev–Trinajstić information content (AvgIpc) is 2.61. The Hall–Kier alpha value is -2.29. The van der Waals surface area contributed by atoms with Gasteiger partial charge in [0.25, 0.3) is 0 Å². The Morgan fingerprint density at radius 3 is 2.18 bits per heavy atom. The van der Waals surface area contributed by atoms with Gasteiger partial charge in [-0.3, -0.25) is 4.79 Å². The van der Waals surface area contributed by atoms with Crippen molar-refractivity contribution in [2.75, 3.05) is 25.0 Å².